The van der Waals surface area contributed by atoms with Gasteiger partial charge in [0, 0.05) is 22.3 Å². The van der Waals surface area contributed by atoms with Gasteiger partial charge in [0.05, 0.1) is 0 Å². The number of carbonyl (C=O) groups excluding carboxylic acids is 1. The van der Waals surface area contributed by atoms with E-state index < -0.39 is 11.6 Å². The predicted molar refractivity (Wildman–Crippen MR) is 154 cm³/mol. The van der Waals surface area contributed by atoms with Gasteiger partial charge in [0.1, 0.15) is 13.2 Å². The number of benzene rings is 4. The number of para-hydroxylation sites is 2. The molecule has 40 heavy (non-hydrogen) atoms. The Balaban J connectivity index is 1.42. The average Bonchev–Trinajstić information content (AvgIpc) is 3.14. The van der Waals surface area contributed by atoms with Crippen molar-refractivity contribution in [2.45, 2.75) is 38.9 Å². The Morgan fingerprint density at radius 2 is 1.00 bits per heavy atom. The van der Waals surface area contributed by atoms with E-state index in [1.807, 2.05) is 60.7 Å². The summed E-state index contributed by atoms with van der Waals surface area (Å²) in [5.41, 5.74) is 4.00. The number of halogens is 2. The zero-order valence-corrected chi connectivity index (χ0v) is 22.1. The lowest BCUT2D eigenvalue weighted by molar-refractivity contribution is -0.112. The van der Waals surface area contributed by atoms with Gasteiger partial charge in [-0.25, -0.2) is 8.78 Å². The van der Waals surface area contributed by atoms with Crippen LogP contribution in [0.4, 0.5) is 8.78 Å². The Morgan fingerprint density at radius 3 is 1.43 bits per heavy atom. The topological polar surface area (TPSA) is 35.5 Å². The average molecular weight is 537 g/mol. The number of Topliss-reactive ketones (excluding diaryl/α,β-unsaturated/α-hetero) is 1. The maximum atomic E-state index is 14.8. The minimum absolute atomic E-state index is 0.114. The molecular weight excluding hydrogens is 506 g/mol. The van der Waals surface area contributed by atoms with Crippen molar-refractivity contribution in [2.75, 3.05) is 0 Å². The minimum Gasteiger partial charge on any atom is -0.485 e. The summed E-state index contributed by atoms with van der Waals surface area (Å²) in [5, 5.41) is 0. The fraction of sp³-hybridized carbons (Fsp3) is 0.171. The highest BCUT2D eigenvalue weighted by molar-refractivity contribution is 6.13. The summed E-state index contributed by atoms with van der Waals surface area (Å²) in [4.78, 5) is 13.7. The van der Waals surface area contributed by atoms with E-state index in [4.69, 9.17) is 9.47 Å². The number of ether oxygens (including phenoxy) is 2. The normalized spacial score (nSPS) is 15.7. The van der Waals surface area contributed by atoms with E-state index in [2.05, 4.69) is 0 Å². The first-order valence-corrected chi connectivity index (χ1v) is 13.4. The summed E-state index contributed by atoms with van der Waals surface area (Å²) in [6.45, 7) is 0.421. The first kappa shape index (κ1) is 27.1. The molecule has 0 radical (unpaired) electrons. The molecule has 1 fully saturated rings. The van der Waals surface area contributed by atoms with Crippen molar-refractivity contribution in [1.29, 1.82) is 0 Å². The summed E-state index contributed by atoms with van der Waals surface area (Å²) in [6, 6.07) is 28.5. The number of hydrogen-bond donors (Lipinski definition) is 0. The van der Waals surface area contributed by atoms with Crippen molar-refractivity contribution in [3.05, 3.63) is 142 Å². The van der Waals surface area contributed by atoms with Gasteiger partial charge in [-0.15, -0.1) is 0 Å². The predicted octanol–water partition coefficient (Wildman–Crippen LogP) is 8.73. The van der Waals surface area contributed by atoms with Crippen molar-refractivity contribution >= 4 is 17.9 Å². The lowest BCUT2D eigenvalue weighted by atomic mass is 9.97. The summed E-state index contributed by atoms with van der Waals surface area (Å²) < 4.78 is 41.4. The first-order valence-electron chi connectivity index (χ1n) is 13.4. The van der Waals surface area contributed by atoms with Gasteiger partial charge in [-0.1, -0.05) is 84.9 Å². The van der Waals surface area contributed by atoms with Crippen LogP contribution in [0.2, 0.25) is 0 Å². The standard InChI is InChI=1S/C35H30F2O3/c36-31-19-9-17-29(34(31)39-23-25-11-3-1-4-12-25)21-27-15-7-8-16-28(33(27)38)22-30-18-10-20-32(37)35(30)40-24-26-13-5-2-6-14-26/h1-6,9-14,17-22H,7-8,15-16,23-24H2/b27-21+,28-22+. The van der Waals surface area contributed by atoms with Gasteiger partial charge in [0.25, 0.3) is 0 Å². The van der Waals surface area contributed by atoms with Gasteiger partial charge < -0.3 is 9.47 Å². The molecular formula is C35H30F2O3. The zero-order valence-electron chi connectivity index (χ0n) is 22.1. The molecule has 202 valence electrons. The largest absolute Gasteiger partial charge is 0.485 e. The lowest BCUT2D eigenvalue weighted by Crippen LogP contribution is -2.06. The van der Waals surface area contributed by atoms with E-state index in [0.29, 0.717) is 35.1 Å². The third-order valence-electron chi connectivity index (χ3n) is 6.83. The fourth-order valence-corrected chi connectivity index (χ4v) is 4.76. The molecule has 1 aliphatic carbocycles. The van der Waals surface area contributed by atoms with E-state index in [1.165, 1.54) is 12.1 Å². The molecule has 3 nitrogen and oxygen atoms in total. The Labute approximate surface area is 233 Å². The van der Waals surface area contributed by atoms with Crippen molar-refractivity contribution < 1.29 is 23.0 Å². The number of allylic oxidation sites excluding steroid dienone is 2. The van der Waals surface area contributed by atoms with E-state index in [-0.39, 0.29) is 30.5 Å². The van der Waals surface area contributed by atoms with Crippen LogP contribution in [0, 0.1) is 11.6 Å². The van der Waals surface area contributed by atoms with Gasteiger partial charge in [-0.05, 0) is 61.1 Å². The minimum atomic E-state index is -0.484. The van der Waals surface area contributed by atoms with Crippen molar-refractivity contribution in [2.24, 2.45) is 0 Å². The zero-order chi connectivity index (χ0) is 27.7. The molecule has 0 atom stereocenters. The third-order valence-corrected chi connectivity index (χ3v) is 6.83. The second-order valence-electron chi connectivity index (χ2n) is 9.74. The molecule has 0 saturated heterocycles. The molecule has 5 heteroatoms. The maximum Gasteiger partial charge on any atom is 0.185 e. The molecule has 0 bridgehead atoms. The number of ketones is 1. The Kier molecular flexibility index (Phi) is 8.82. The Bertz CT molecular complexity index is 1410. The van der Waals surface area contributed by atoms with Crippen LogP contribution in [0.25, 0.3) is 12.2 Å². The van der Waals surface area contributed by atoms with Crippen LogP contribution < -0.4 is 9.47 Å². The van der Waals surface area contributed by atoms with Gasteiger partial charge in [-0.2, -0.15) is 0 Å². The van der Waals surface area contributed by atoms with Crippen molar-refractivity contribution in [3.8, 4) is 11.5 Å². The van der Waals surface area contributed by atoms with E-state index in [1.54, 1.807) is 36.4 Å². The maximum absolute atomic E-state index is 14.8. The van der Waals surface area contributed by atoms with Crippen LogP contribution in [0.15, 0.2) is 108 Å². The number of hydrogen-bond acceptors (Lipinski definition) is 3. The molecule has 0 amide bonds. The molecule has 0 unspecified atom stereocenters. The van der Waals surface area contributed by atoms with Crippen LogP contribution in [0.5, 0.6) is 11.5 Å². The van der Waals surface area contributed by atoms with Crippen LogP contribution in [-0.4, -0.2) is 5.78 Å². The van der Waals surface area contributed by atoms with E-state index >= 15 is 0 Å². The molecule has 0 spiro atoms. The van der Waals surface area contributed by atoms with Crippen LogP contribution in [0.3, 0.4) is 0 Å². The van der Waals surface area contributed by atoms with Crippen LogP contribution in [-0.2, 0) is 18.0 Å². The Morgan fingerprint density at radius 1 is 0.575 bits per heavy atom. The molecule has 0 heterocycles. The molecule has 0 aliphatic heterocycles. The van der Waals surface area contributed by atoms with E-state index in [0.717, 1.165) is 24.0 Å². The highest BCUT2D eigenvalue weighted by Crippen LogP contribution is 2.33. The molecule has 4 aromatic rings. The summed E-state index contributed by atoms with van der Waals surface area (Å²) in [6.07, 6.45) is 6.19. The molecule has 0 N–H and O–H groups in total. The van der Waals surface area contributed by atoms with Crippen molar-refractivity contribution in [1.82, 2.24) is 0 Å². The Hall–Kier alpha value is -4.51. The molecule has 4 aromatic carbocycles. The quantitative estimate of drug-likeness (QED) is 0.167. The first-order chi connectivity index (χ1) is 19.6. The van der Waals surface area contributed by atoms with Crippen molar-refractivity contribution in [3.63, 3.8) is 0 Å². The van der Waals surface area contributed by atoms with E-state index in [9.17, 15) is 13.6 Å². The summed E-state index contributed by atoms with van der Waals surface area (Å²) in [5.74, 6) is -0.871. The smallest absolute Gasteiger partial charge is 0.185 e. The number of carbonyl (C=O) groups is 1. The van der Waals surface area contributed by atoms with Gasteiger partial charge in [0.15, 0.2) is 28.9 Å². The van der Waals surface area contributed by atoms with Gasteiger partial charge >= 0.3 is 0 Å². The second kappa shape index (κ2) is 13.0. The molecule has 1 saturated carbocycles. The van der Waals surface area contributed by atoms with Gasteiger partial charge in [-0.3, -0.25) is 4.79 Å². The molecule has 5 rings (SSSR count). The summed E-state index contributed by atoms with van der Waals surface area (Å²) >= 11 is 0. The highest BCUT2D eigenvalue weighted by Gasteiger charge is 2.21. The molecule has 1 aliphatic rings. The van der Waals surface area contributed by atoms with Gasteiger partial charge in [0.2, 0.25) is 0 Å². The van der Waals surface area contributed by atoms with Crippen LogP contribution in [0.1, 0.15) is 47.9 Å². The van der Waals surface area contributed by atoms with Crippen LogP contribution >= 0.6 is 0 Å². The lowest BCUT2D eigenvalue weighted by Gasteiger charge is -2.13. The SMILES string of the molecule is O=C1/C(=C/c2cccc(F)c2OCc2ccccc2)CCCC/C1=C\c1cccc(F)c1OCc1ccccc1. The summed E-state index contributed by atoms with van der Waals surface area (Å²) in [7, 11) is 0. The number of rotatable bonds is 8. The monoisotopic (exact) mass is 536 g/mol. The highest BCUT2D eigenvalue weighted by atomic mass is 19.1. The fourth-order valence-electron chi connectivity index (χ4n) is 4.76. The third kappa shape index (κ3) is 6.73. The molecule has 0 aromatic heterocycles. The second-order valence-corrected chi connectivity index (χ2v) is 9.74.